The van der Waals surface area contributed by atoms with E-state index in [9.17, 15) is 13.2 Å². The maximum atomic E-state index is 13.3. The summed E-state index contributed by atoms with van der Waals surface area (Å²) in [6, 6.07) is 17.9. The topological polar surface area (TPSA) is 60.9 Å². The molecule has 0 bridgehead atoms. The van der Waals surface area contributed by atoms with E-state index in [2.05, 4.69) is 4.90 Å². The van der Waals surface area contributed by atoms with Crippen molar-refractivity contribution in [2.75, 3.05) is 32.7 Å². The minimum Gasteiger partial charge on any atom is -0.319 e. The molecule has 2 aliphatic rings. The van der Waals surface area contributed by atoms with Gasteiger partial charge in [0.05, 0.1) is 11.4 Å². The van der Waals surface area contributed by atoms with Gasteiger partial charge in [-0.2, -0.15) is 4.31 Å². The number of carbonyl (C=O) groups excluding carboxylic acids is 1. The molecule has 2 saturated heterocycles. The van der Waals surface area contributed by atoms with Crippen LogP contribution in [0.15, 0.2) is 65.6 Å². The van der Waals surface area contributed by atoms with E-state index in [1.54, 1.807) is 35.2 Å². The van der Waals surface area contributed by atoms with Gasteiger partial charge < -0.3 is 4.90 Å². The first-order valence-corrected chi connectivity index (χ1v) is 11.1. The molecule has 2 aromatic rings. The molecule has 2 aliphatic heterocycles. The summed E-state index contributed by atoms with van der Waals surface area (Å²) in [5.74, 6) is -0.0125. The predicted octanol–water partition coefficient (Wildman–Crippen LogP) is 2.31. The Hall–Kier alpha value is -2.22. The Labute approximate surface area is 166 Å². The van der Waals surface area contributed by atoms with Gasteiger partial charge in [0.2, 0.25) is 15.9 Å². The Balaban J connectivity index is 1.66. The van der Waals surface area contributed by atoms with Crippen LogP contribution in [0, 0.1) is 0 Å². The van der Waals surface area contributed by atoms with Gasteiger partial charge in [-0.15, -0.1) is 0 Å². The van der Waals surface area contributed by atoms with E-state index in [-0.39, 0.29) is 10.8 Å². The van der Waals surface area contributed by atoms with Crippen LogP contribution in [-0.4, -0.2) is 61.2 Å². The smallest absolute Gasteiger partial charge is 0.245 e. The van der Waals surface area contributed by atoms with Crippen molar-refractivity contribution >= 4 is 15.9 Å². The fraction of sp³-hybridized carbons (Fsp3) is 0.381. The molecule has 6 nitrogen and oxygen atoms in total. The minimum atomic E-state index is -3.70. The molecule has 1 amide bonds. The normalized spacial score (nSPS) is 21.3. The number of nitrogens with zero attached hydrogens (tertiary/aromatic N) is 3. The highest BCUT2D eigenvalue weighted by Gasteiger charge is 2.43. The number of likely N-dealkylation sites (tertiary alicyclic amines) is 1. The lowest BCUT2D eigenvalue weighted by Crippen LogP contribution is -2.42. The summed E-state index contributed by atoms with van der Waals surface area (Å²) in [5, 5.41) is 0. The van der Waals surface area contributed by atoms with E-state index in [4.69, 9.17) is 0 Å². The molecule has 0 unspecified atom stereocenters. The second-order valence-electron chi connectivity index (χ2n) is 7.28. The Bertz CT molecular complexity index is 912. The Kier molecular flexibility index (Phi) is 5.48. The number of rotatable bonds is 5. The molecule has 2 heterocycles. The summed E-state index contributed by atoms with van der Waals surface area (Å²) in [6.07, 6.45) is 1.62. The van der Waals surface area contributed by atoms with E-state index in [0.29, 0.717) is 19.6 Å². The highest BCUT2D eigenvalue weighted by atomic mass is 32.2. The van der Waals surface area contributed by atoms with Gasteiger partial charge in [0.1, 0.15) is 6.17 Å². The molecule has 148 valence electrons. The minimum absolute atomic E-state index is 0.0125. The summed E-state index contributed by atoms with van der Waals surface area (Å²) in [4.78, 5) is 17.2. The lowest BCUT2D eigenvalue weighted by atomic mass is 10.1. The van der Waals surface area contributed by atoms with Gasteiger partial charge in [0.25, 0.3) is 0 Å². The van der Waals surface area contributed by atoms with Crippen LogP contribution in [0.4, 0.5) is 0 Å². The molecular weight excluding hydrogens is 374 g/mol. The van der Waals surface area contributed by atoms with Gasteiger partial charge in [-0.25, -0.2) is 8.42 Å². The van der Waals surface area contributed by atoms with Gasteiger partial charge in [-0.05, 0) is 43.6 Å². The quantitative estimate of drug-likeness (QED) is 0.774. The van der Waals surface area contributed by atoms with E-state index < -0.39 is 16.2 Å². The average Bonchev–Trinajstić information content (AvgIpc) is 3.39. The predicted molar refractivity (Wildman–Crippen MR) is 107 cm³/mol. The summed E-state index contributed by atoms with van der Waals surface area (Å²) in [6.45, 7) is 2.91. The van der Waals surface area contributed by atoms with Gasteiger partial charge in [-0.3, -0.25) is 9.69 Å². The highest BCUT2D eigenvalue weighted by Crippen LogP contribution is 2.35. The monoisotopic (exact) mass is 399 g/mol. The molecule has 28 heavy (non-hydrogen) atoms. The average molecular weight is 400 g/mol. The summed E-state index contributed by atoms with van der Waals surface area (Å²) in [5.41, 5.74) is 0.814. The zero-order valence-corrected chi connectivity index (χ0v) is 16.6. The Morgan fingerprint density at radius 3 is 2.11 bits per heavy atom. The molecule has 0 radical (unpaired) electrons. The van der Waals surface area contributed by atoms with E-state index in [0.717, 1.165) is 31.5 Å². The zero-order chi connectivity index (χ0) is 19.6. The van der Waals surface area contributed by atoms with Crippen molar-refractivity contribution in [3.63, 3.8) is 0 Å². The third kappa shape index (κ3) is 3.70. The summed E-state index contributed by atoms with van der Waals surface area (Å²) >= 11 is 0. The lowest BCUT2D eigenvalue weighted by Gasteiger charge is -2.31. The van der Waals surface area contributed by atoms with Gasteiger partial charge in [-0.1, -0.05) is 48.5 Å². The maximum absolute atomic E-state index is 13.3. The summed E-state index contributed by atoms with van der Waals surface area (Å²) < 4.78 is 28.1. The van der Waals surface area contributed by atoms with Crippen LogP contribution in [0.3, 0.4) is 0 Å². The number of hydrogen-bond donors (Lipinski definition) is 0. The van der Waals surface area contributed by atoms with Gasteiger partial charge in [0, 0.05) is 13.1 Å². The first kappa shape index (κ1) is 19.1. The van der Waals surface area contributed by atoms with Crippen molar-refractivity contribution in [1.29, 1.82) is 0 Å². The van der Waals surface area contributed by atoms with Crippen LogP contribution in [0.5, 0.6) is 0 Å². The van der Waals surface area contributed by atoms with Crippen LogP contribution in [-0.2, 0) is 14.8 Å². The van der Waals surface area contributed by atoms with E-state index in [1.165, 1.54) is 4.31 Å². The zero-order valence-electron chi connectivity index (χ0n) is 15.8. The molecule has 0 N–H and O–H groups in total. The van der Waals surface area contributed by atoms with E-state index in [1.807, 2.05) is 30.3 Å². The second-order valence-corrected chi connectivity index (χ2v) is 9.17. The fourth-order valence-electron chi connectivity index (χ4n) is 4.04. The van der Waals surface area contributed by atoms with Crippen molar-refractivity contribution in [2.24, 2.45) is 0 Å². The van der Waals surface area contributed by atoms with Crippen molar-refractivity contribution in [3.8, 4) is 0 Å². The van der Waals surface area contributed by atoms with Crippen molar-refractivity contribution in [1.82, 2.24) is 14.1 Å². The molecule has 0 aromatic heterocycles. The molecule has 4 rings (SSSR count). The second kappa shape index (κ2) is 8.03. The van der Waals surface area contributed by atoms with Crippen LogP contribution in [0.25, 0.3) is 0 Å². The SMILES string of the molecule is O=C(CN1CCCC1)N1CCN(S(=O)(=O)c2ccccc2)[C@@H]1c1ccccc1. The maximum Gasteiger partial charge on any atom is 0.245 e. The molecule has 2 fully saturated rings. The van der Waals surface area contributed by atoms with Crippen LogP contribution < -0.4 is 0 Å². The summed E-state index contributed by atoms with van der Waals surface area (Å²) in [7, 11) is -3.70. The van der Waals surface area contributed by atoms with Crippen LogP contribution in [0.2, 0.25) is 0 Å². The van der Waals surface area contributed by atoms with Crippen LogP contribution in [0.1, 0.15) is 24.6 Å². The van der Waals surface area contributed by atoms with E-state index >= 15 is 0 Å². The van der Waals surface area contributed by atoms with Gasteiger partial charge >= 0.3 is 0 Å². The van der Waals surface area contributed by atoms with Crippen LogP contribution >= 0.6 is 0 Å². The van der Waals surface area contributed by atoms with Crippen molar-refractivity contribution in [2.45, 2.75) is 23.9 Å². The molecule has 0 saturated carbocycles. The number of sulfonamides is 1. The fourth-order valence-corrected chi connectivity index (χ4v) is 5.63. The lowest BCUT2D eigenvalue weighted by molar-refractivity contribution is -0.134. The molecular formula is C21H25N3O3S. The third-order valence-electron chi connectivity index (χ3n) is 5.45. The highest BCUT2D eigenvalue weighted by molar-refractivity contribution is 7.89. The van der Waals surface area contributed by atoms with Crippen molar-refractivity contribution in [3.05, 3.63) is 66.2 Å². The number of hydrogen-bond acceptors (Lipinski definition) is 4. The number of benzene rings is 2. The molecule has 0 spiro atoms. The molecule has 1 atom stereocenters. The Morgan fingerprint density at radius 2 is 1.46 bits per heavy atom. The largest absolute Gasteiger partial charge is 0.319 e. The third-order valence-corrected chi connectivity index (χ3v) is 7.32. The molecule has 0 aliphatic carbocycles. The van der Waals surface area contributed by atoms with Crippen molar-refractivity contribution < 1.29 is 13.2 Å². The Morgan fingerprint density at radius 1 is 0.857 bits per heavy atom. The first-order chi connectivity index (χ1) is 13.6. The number of amides is 1. The molecule has 7 heteroatoms. The first-order valence-electron chi connectivity index (χ1n) is 9.71. The van der Waals surface area contributed by atoms with Gasteiger partial charge in [0.15, 0.2) is 0 Å². The standard InChI is InChI=1S/C21H25N3O3S/c25-20(17-22-13-7-8-14-22)23-15-16-24(21(23)18-9-3-1-4-10-18)28(26,27)19-11-5-2-6-12-19/h1-6,9-12,21H,7-8,13-17H2/t21-/m1/s1. The number of carbonyl (C=O) groups is 1. The molecule has 2 aromatic carbocycles.